The van der Waals surface area contributed by atoms with Gasteiger partial charge in [0, 0.05) is 45.2 Å². The van der Waals surface area contributed by atoms with Crippen molar-refractivity contribution >= 4 is 5.91 Å². The number of rotatable bonds is 5. The molecule has 138 valence electrons. The number of hydrogen-bond acceptors (Lipinski definition) is 4. The van der Waals surface area contributed by atoms with Gasteiger partial charge in [-0.05, 0) is 18.4 Å². The number of piperidine rings is 1. The summed E-state index contributed by atoms with van der Waals surface area (Å²) >= 11 is 0. The molecule has 5 heteroatoms. The van der Waals surface area contributed by atoms with Crippen LogP contribution >= 0.6 is 0 Å². The largest absolute Gasteiger partial charge is 0.383 e. The first-order valence-electron chi connectivity index (χ1n) is 9.32. The molecule has 0 unspecified atom stereocenters. The van der Waals surface area contributed by atoms with Crippen molar-refractivity contribution in [2.75, 3.05) is 59.7 Å². The number of hydrogen-bond donors (Lipinski definition) is 0. The van der Waals surface area contributed by atoms with Crippen molar-refractivity contribution in [3.8, 4) is 0 Å². The smallest absolute Gasteiger partial charge is 0.227 e. The zero-order chi connectivity index (χ0) is 17.5. The molecule has 0 saturated carbocycles. The fourth-order valence-corrected chi connectivity index (χ4v) is 4.04. The highest BCUT2D eigenvalue weighted by Gasteiger charge is 2.40. The monoisotopic (exact) mass is 346 g/mol. The van der Waals surface area contributed by atoms with Crippen LogP contribution in [0.25, 0.3) is 0 Å². The summed E-state index contributed by atoms with van der Waals surface area (Å²) in [5.74, 6) is 0.234. The minimum absolute atomic E-state index is 0.0643. The number of nitrogens with zero attached hydrogens (tertiary/aromatic N) is 2. The summed E-state index contributed by atoms with van der Waals surface area (Å²) in [6.07, 6.45) is 2.68. The van der Waals surface area contributed by atoms with Gasteiger partial charge in [-0.1, -0.05) is 30.3 Å². The van der Waals surface area contributed by atoms with Crippen LogP contribution in [0.2, 0.25) is 0 Å². The summed E-state index contributed by atoms with van der Waals surface area (Å²) in [6, 6.07) is 10.0. The SMILES string of the molecule is COCCN1CCOC[C@@]2(CCCN(C(=O)Cc3ccccc3)C2)C1. The van der Waals surface area contributed by atoms with Gasteiger partial charge < -0.3 is 14.4 Å². The van der Waals surface area contributed by atoms with Gasteiger partial charge >= 0.3 is 0 Å². The standard InChI is InChI=1S/C20H30N2O3/c1-24-12-10-21-11-13-25-17-20(15-21)8-5-9-22(16-20)19(23)14-18-6-3-2-4-7-18/h2-4,6-7H,5,8-17H2,1H3/t20-/m0/s1. The predicted octanol–water partition coefficient (Wildman–Crippen LogP) is 1.82. The van der Waals surface area contributed by atoms with Gasteiger partial charge in [0.2, 0.25) is 5.91 Å². The normalized spacial score (nSPS) is 25.1. The van der Waals surface area contributed by atoms with Crippen molar-refractivity contribution in [3.05, 3.63) is 35.9 Å². The summed E-state index contributed by atoms with van der Waals surface area (Å²) in [6.45, 7) is 6.81. The second kappa shape index (κ2) is 8.79. The highest BCUT2D eigenvalue weighted by molar-refractivity contribution is 5.78. The average Bonchev–Trinajstić information content (AvgIpc) is 2.83. The Labute approximate surface area is 150 Å². The molecule has 1 amide bonds. The molecule has 3 rings (SSSR count). The highest BCUT2D eigenvalue weighted by Crippen LogP contribution is 2.33. The molecule has 1 aromatic carbocycles. The fraction of sp³-hybridized carbons (Fsp3) is 0.650. The van der Waals surface area contributed by atoms with Crippen LogP contribution in [-0.4, -0.2) is 75.4 Å². The highest BCUT2D eigenvalue weighted by atomic mass is 16.5. The molecule has 25 heavy (non-hydrogen) atoms. The van der Waals surface area contributed by atoms with Gasteiger partial charge in [0.05, 0.1) is 26.2 Å². The van der Waals surface area contributed by atoms with Gasteiger partial charge in [0.25, 0.3) is 0 Å². The molecule has 2 saturated heterocycles. The molecule has 0 N–H and O–H groups in total. The first-order valence-corrected chi connectivity index (χ1v) is 9.32. The number of methoxy groups -OCH3 is 1. The van der Waals surface area contributed by atoms with Crippen LogP contribution in [0.3, 0.4) is 0 Å². The summed E-state index contributed by atoms with van der Waals surface area (Å²) in [5.41, 5.74) is 1.15. The molecular weight excluding hydrogens is 316 g/mol. The molecule has 0 aromatic heterocycles. The van der Waals surface area contributed by atoms with Crippen molar-refractivity contribution in [1.29, 1.82) is 0 Å². The van der Waals surface area contributed by atoms with E-state index in [4.69, 9.17) is 9.47 Å². The molecule has 2 aliphatic rings. The minimum atomic E-state index is 0.0643. The summed E-state index contributed by atoms with van der Waals surface area (Å²) < 4.78 is 11.2. The van der Waals surface area contributed by atoms with Gasteiger partial charge in [-0.2, -0.15) is 0 Å². The van der Waals surface area contributed by atoms with E-state index in [2.05, 4.69) is 9.80 Å². The maximum atomic E-state index is 12.8. The molecular formula is C20H30N2O3. The lowest BCUT2D eigenvalue weighted by Crippen LogP contribution is -2.52. The van der Waals surface area contributed by atoms with Crippen LogP contribution in [0.1, 0.15) is 18.4 Å². The van der Waals surface area contributed by atoms with E-state index >= 15 is 0 Å². The lowest BCUT2D eigenvalue weighted by atomic mass is 9.80. The van der Waals surface area contributed by atoms with Gasteiger partial charge in [-0.3, -0.25) is 9.69 Å². The lowest BCUT2D eigenvalue weighted by molar-refractivity contribution is -0.135. The number of likely N-dealkylation sites (tertiary alicyclic amines) is 1. The number of ether oxygens (including phenoxy) is 2. The topological polar surface area (TPSA) is 42.0 Å². The summed E-state index contributed by atoms with van der Waals surface area (Å²) in [5, 5.41) is 0. The molecule has 2 aliphatic heterocycles. The van der Waals surface area contributed by atoms with Crippen LogP contribution < -0.4 is 0 Å². The lowest BCUT2D eigenvalue weighted by Gasteiger charge is -2.43. The Hall–Kier alpha value is -1.43. The van der Waals surface area contributed by atoms with Crippen LogP contribution in [0.4, 0.5) is 0 Å². The molecule has 1 spiro atoms. The Balaban J connectivity index is 1.63. The molecule has 2 fully saturated rings. The van der Waals surface area contributed by atoms with E-state index in [-0.39, 0.29) is 11.3 Å². The van der Waals surface area contributed by atoms with Gasteiger partial charge in [0.1, 0.15) is 0 Å². The van der Waals surface area contributed by atoms with Crippen molar-refractivity contribution < 1.29 is 14.3 Å². The van der Waals surface area contributed by atoms with E-state index in [1.807, 2.05) is 30.3 Å². The van der Waals surface area contributed by atoms with Crippen molar-refractivity contribution in [2.24, 2.45) is 5.41 Å². The fourth-order valence-electron chi connectivity index (χ4n) is 4.04. The molecule has 5 nitrogen and oxygen atoms in total. The van der Waals surface area contributed by atoms with Crippen LogP contribution in [-0.2, 0) is 20.7 Å². The third kappa shape index (κ3) is 5.03. The molecule has 1 aromatic rings. The third-order valence-corrected chi connectivity index (χ3v) is 5.34. The number of carbonyl (C=O) groups is 1. The molecule has 0 aliphatic carbocycles. The Morgan fingerprint density at radius 2 is 2.08 bits per heavy atom. The maximum Gasteiger partial charge on any atom is 0.227 e. The third-order valence-electron chi connectivity index (χ3n) is 5.34. The van der Waals surface area contributed by atoms with Crippen LogP contribution in [0.5, 0.6) is 0 Å². The van der Waals surface area contributed by atoms with Gasteiger partial charge in [-0.15, -0.1) is 0 Å². The average molecular weight is 346 g/mol. The van der Waals surface area contributed by atoms with E-state index in [1.165, 1.54) is 0 Å². The van der Waals surface area contributed by atoms with Gasteiger partial charge in [0.15, 0.2) is 0 Å². The number of carbonyl (C=O) groups excluding carboxylic acids is 1. The minimum Gasteiger partial charge on any atom is -0.383 e. The summed E-state index contributed by atoms with van der Waals surface area (Å²) in [4.78, 5) is 17.3. The zero-order valence-electron chi connectivity index (χ0n) is 15.3. The second-order valence-electron chi connectivity index (χ2n) is 7.40. The Morgan fingerprint density at radius 1 is 1.24 bits per heavy atom. The molecule has 0 radical (unpaired) electrons. The molecule has 2 heterocycles. The Bertz CT molecular complexity index is 551. The summed E-state index contributed by atoms with van der Waals surface area (Å²) in [7, 11) is 1.74. The predicted molar refractivity (Wildman–Crippen MR) is 97.5 cm³/mol. The molecule has 0 bridgehead atoms. The van der Waals surface area contributed by atoms with Crippen LogP contribution in [0.15, 0.2) is 30.3 Å². The van der Waals surface area contributed by atoms with Crippen molar-refractivity contribution in [3.63, 3.8) is 0 Å². The second-order valence-corrected chi connectivity index (χ2v) is 7.40. The van der Waals surface area contributed by atoms with E-state index in [0.717, 1.165) is 70.9 Å². The van der Waals surface area contributed by atoms with E-state index in [0.29, 0.717) is 6.42 Å². The van der Waals surface area contributed by atoms with Crippen molar-refractivity contribution in [1.82, 2.24) is 9.80 Å². The zero-order valence-corrected chi connectivity index (χ0v) is 15.3. The van der Waals surface area contributed by atoms with E-state index in [9.17, 15) is 4.79 Å². The maximum absolute atomic E-state index is 12.8. The van der Waals surface area contributed by atoms with E-state index < -0.39 is 0 Å². The van der Waals surface area contributed by atoms with Crippen LogP contribution in [0, 0.1) is 5.41 Å². The first kappa shape index (κ1) is 18.4. The number of benzene rings is 1. The Kier molecular flexibility index (Phi) is 6.45. The molecule has 1 atom stereocenters. The van der Waals surface area contributed by atoms with Gasteiger partial charge in [-0.25, -0.2) is 0 Å². The number of amides is 1. The first-order chi connectivity index (χ1) is 12.2. The Morgan fingerprint density at radius 3 is 2.88 bits per heavy atom. The van der Waals surface area contributed by atoms with E-state index in [1.54, 1.807) is 7.11 Å². The van der Waals surface area contributed by atoms with Crippen molar-refractivity contribution in [2.45, 2.75) is 19.3 Å². The quantitative estimate of drug-likeness (QED) is 0.816.